The summed E-state index contributed by atoms with van der Waals surface area (Å²) in [6.45, 7) is 6.82. The molecule has 1 aliphatic rings. The van der Waals surface area contributed by atoms with Gasteiger partial charge in [0.15, 0.2) is 0 Å². The average Bonchev–Trinajstić information content (AvgIpc) is 2.93. The summed E-state index contributed by atoms with van der Waals surface area (Å²) >= 11 is 0. The third kappa shape index (κ3) is 5.23. The zero-order chi connectivity index (χ0) is 25.8. The number of aromatic nitrogens is 1. The summed E-state index contributed by atoms with van der Waals surface area (Å²) in [6.07, 6.45) is 3.10. The minimum atomic E-state index is -0.142. The Bertz CT molecular complexity index is 1430. The fraction of sp³-hybridized carbons (Fsp3) is 0.312. The second-order valence-electron chi connectivity index (χ2n) is 10.2. The molecule has 1 amide bonds. The van der Waals surface area contributed by atoms with Crippen molar-refractivity contribution in [2.75, 3.05) is 13.1 Å². The fourth-order valence-electron chi connectivity index (χ4n) is 5.63. The molecule has 5 rings (SSSR count). The van der Waals surface area contributed by atoms with Crippen molar-refractivity contribution in [1.29, 1.82) is 0 Å². The van der Waals surface area contributed by atoms with Gasteiger partial charge in [-0.25, -0.2) is 0 Å². The lowest BCUT2D eigenvalue weighted by molar-refractivity contribution is 0.0933. The van der Waals surface area contributed by atoms with Gasteiger partial charge in [0, 0.05) is 29.5 Å². The number of pyridine rings is 1. The molecule has 190 valence electrons. The van der Waals surface area contributed by atoms with Gasteiger partial charge in [-0.1, -0.05) is 80.6 Å². The Morgan fingerprint density at radius 1 is 0.946 bits per heavy atom. The van der Waals surface area contributed by atoms with Crippen molar-refractivity contribution in [1.82, 2.24) is 14.8 Å². The number of para-hydroxylation sites is 1. The number of hydrogen-bond acceptors (Lipinski definition) is 3. The summed E-state index contributed by atoms with van der Waals surface area (Å²) < 4.78 is 1.76. The highest BCUT2D eigenvalue weighted by atomic mass is 16.2. The predicted molar refractivity (Wildman–Crippen MR) is 150 cm³/mol. The van der Waals surface area contributed by atoms with Crippen LogP contribution in [0.15, 0.2) is 89.7 Å². The van der Waals surface area contributed by atoms with Crippen molar-refractivity contribution in [2.24, 2.45) is 5.92 Å². The maximum Gasteiger partial charge on any atom is 0.263 e. The first-order valence-electron chi connectivity index (χ1n) is 13.4. The number of hydrogen-bond donors (Lipinski definition) is 1. The van der Waals surface area contributed by atoms with Crippen molar-refractivity contribution in [2.45, 2.75) is 45.7 Å². The molecule has 1 N–H and O–H groups in total. The Balaban J connectivity index is 1.70. The van der Waals surface area contributed by atoms with Gasteiger partial charge in [-0.15, -0.1) is 0 Å². The van der Waals surface area contributed by atoms with E-state index in [9.17, 15) is 9.59 Å². The molecule has 0 bridgehead atoms. The summed E-state index contributed by atoms with van der Waals surface area (Å²) in [5.74, 6) is 0.447. The standard InChI is InChI=1S/C32H35N3O2/c1-3-28(24-14-6-4-7-15-24)33-31(36)30-26-18-10-11-19-27(26)32(37)35(25-16-8-5-9-17-25)29(30)22-34-20-12-13-23(2)21-34/h4-11,14-19,23,28H,3,12-13,20-22H2,1-2H3,(H,33,36)/t23?,28-/m0/s1. The lowest BCUT2D eigenvalue weighted by Gasteiger charge is -2.32. The Hall–Kier alpha value is -3.70. The molecule has 0 spiro atoms. The molecule has 1 aromatic heterocycles. The van der Waals surface area contributed by atoms with Crippen LogP contribution in [0.1, 0.15) is 60.8 Å². The highest BCUT2D eigenvalue weighted by Crippen LogP contribution is 2.27. The minimum absolute atomic E-state index is 0.0893. The number of amides is 1. The second kappa shape index (κ2) is 11.1. The molecular weight excluding hydrogens is 458 g/mol. The number of carbonyl (C=O) groups excluding carboxylic acids is 1. The van der Waals surface area contributed by atoms with Crippen molar-refractivity contribution < 1.29 is 4.79 Å². The molecule has 0 aliphatic carbocycles. The highest BCUT2D eigenvalue weighted by Gasteiger charge is 2.27. The molecule has 4 aromatic rings. The van der Waals surface area contributed by atoms with Crippen LogP contribution in [0.25, 0.3) is 16.5 Å². The second-order valence-corrected chi connectivity index (χ2v) is 10.2. The number of nitrogens with one attached hydrogen (secondary N) is 1. The first-order valence-corrected chi connectivity index (χ1v) is 13.4. The van der Waals surface area contributed by atoms with Crippen LogP contribution < -0.4 is 10.9 Å². The lowest BCUT2D eigenvalue weighted by atomic mass is 9.97. The van der Waals surface area contributed by atoms with Gasteiger partial charge in [0.1, 0.15) is 0 Å². The summed E-state index contributed by atoms with van der Waals surface area (Å²) in [4.78, 5) is 30.5. The van der Waals surface area contributed by atoms with E-state index in [2.05, 4.69) is 24.1 Å². The van der Waals surface area contributed by atoms with Crippen LogP contribution in [0.4, 0.5) is 0 Å². The Morgan fingerprint density at radius 3 is 2.27 bits per heavy atom. The quantitative estimate of drug-likeness (QED) is 0.338. The maximum absolute atomic E-state index is 14.2. The van der Waals surface area contributed by atoms with Gasteiger partial charge in [-0.05, 0) is 55.5 Å². The molecule has 1 aliphatic heterocycles. The number of piperidine rings is 1. The van der Waals surface area contributed by atoms with Gasteiger partial charge in [-0.3, -0.25) is 19.1 Å². The predicted octanol–water partition coefficient (Wildman–Crippen LogP) is 6.10. The molecular formula is C32H35N3O2. The normalized spacial score (nSPS) is 17.0. The molecule has 0 radical (unpaired) electrons. The van der Waals surface area contributed by atoms with E-state index in [1.165, 1.54) is 6.42 Å². The van der Waals surface area contributed by atoms with Gasteiger partial charge in [0.05, 0.1) is 17.3 Å². The molecule has 1 unspecified atom stereocenters. The van der Waals surface area contributed by atoms with Crippen LogP contribution in [0.2, 0.25) is 0 Å². The van der Waals surface area contributed by atoms with E-state index in [-0.39, 0.29) is 17.5 Å². The minimum Gasteiger partial charge on any atom is -0.345 e. The topological polar surface area (TPSA) is 54.3 Å². The third-order valence-corrected chi connectivity index (χ3v) is 7.46. The smallest absolute Gasteiger partial charge is 0.263 e. The number of nitrogens with zero attached hydrogens (tertiary/aromatic N) is 2. The molecule has 5 heteroatoms. The molecule has 5 nitrogen and oxygen atoms in total. The van der Waals surface area contributed by atoms with E-state index in [0.717, 1.165) is 42.9 Å². The Kier molecular flexibility index (Phi) is 7.52. The van der Waals surface area contributed by atoms with Crippen molar-refractivity contribution in [3.8, 4) is 5.69 Å². The van der Waals surface area contributed by atoms with Crippen LogP contribution in [0.5, 0.6) is 0 Å². The first-order chi connectivity index (χ1) is 18.1. The van der Waals surface area contributed by atoms with Crippen LogP contribution in [0, 0.1) is 5.92 Å². The molecule has 2 atom stereocenters. The van der Waals surface area contributed by atoms with Crippen LogP contribution in [-0.4, -0.2) is 28.5 Å². The van der Waals surface area contributed by atoms with Gasteiger partial charge < -0.3 is 5.32 Å². The molecule has 37 heavy (non-hydrogen) atoms. The third-order valence-electron chi connectivity index (χ3n) is 7.46. The molecule has 1 fully saturated rings. The monoisotopic (exact) mass is 493 g/mol. The zero-order valence-corrected chi connectivity index (χ0v) is 21.7. The molecule has 2 heterocycles. The average molecular weight is 494 g/mol. The number of benzene rings is 3. The fourth-order valence-corrected chi connectivity index (χ4v) is 5.63. The number of carbonyl (C=O) groups is 1. The van der Waals surface area contributed by atoms with Crippen molar-refractivity contribution in [3.05, 3.63) is 112 Å². The van der Waals surface area contributed by atoms with E-state index < -0.39 is 0 Å². The first kappa shape index (κ1) is 25.0. The zero-order valence-electron chi connectivity index (χ0n) is 21.7. The molecule has 0 saturated carbocycles. The highest BCUT2D eigenvalue weighted by molar-refractivity contribution is 6.08. The van der Waals surface area contributed by atoms with Gasteiger partial charge in [-0.2, -0.15) is 0 Å². The number of fused-ring (bicyclic) bond motifs is 1. The van der Waals surface area contributed by atoms with Crippen molar-refractivity contribution in [3.63, 3.8) is 0 Å². The van der Waals surface area contributed by atoms with Crippen LogP contribution in [0.3, 0.4) is 0 Å². The van der Waals surface area contributed by atoms with E-state index in [1.807, 2.05) is 84.9 Å². The molecule has 3 aromatic carbocycles. The van der Waals surface area contributed by atoms with Crippen LogP contribution >= 0.6 is 0 Å². The van der Waals surface area contributed by atoms with Gasteiger partial charge >= 0.3 is 0 Å². The lowest BCUT2D eigenvalue weighted by Crippen LogP contribution is -2.38. The summed E-state index contributed by atoms with van der Waals surface area (Å²) in [6, 6.07) is 27.2. The maximum atomic E-state index is 14.2. The SMILES string of the molecule is CC[C@H](NC(=O)c1c(CN2CCCC(C)C2)n(-c2ccccc2)c(=O)c2ccccc12)c1ccccc1. The van der Waals surface area contributed by atoms with E-state index in [1.54, 1.807) is 4.57 Å². The summed E-state index contributed by atoms with van der Waals surface area (Å²) in [5, 5.41) is 4.57. The Morgan fingerprint density at radius 2 is 1.59 bits per heavy atom. The van der Waals surface area contributed by atoms with Gasteiger partial charge in [0.25, 0.3) is 11.5 Å². The molecule has 1 saturated heterocycles. The number of rotatable bonds is 7. The van der Waals surface area contributed by atoms with E-state index >= 15 is 0 Å². The van der Waals surface area contributed by atoms with Crippen LogP contribution in [-0.2, 0) is 6.54 Å². The van der Waals surface area contributed by atoms with Crippen molar-refractivity contribution >= 4 is 16.7 Å². The largest absolute Gasteiger partial charge is 0.345 e. The summed E-state index contributed by atoms with van der Waals surface area (Å²) in [5.41, 5.74) is 3.11. The Labute approximate surface area is 218 Å². The van der Waals surface area contributed by atoms with Gasteiger partial charge in [0.2, 0.25) is 0 Å². The summed E-state index contributed by atoms with van der Waals surface area (Å²) in [7, 11) is 0. The van der Waals surface area contributed by atoms with E-state index in [0.29, 0.717) is 28.8 Å². The van der Waals surface area contributed by atoms with E-state index in [4.69, 9.17) is 0 Å². The number of likely N-dealkylation sites (tertiary alicyclic amines) is 1.